The maximum Gasteiger partial charge on any atom is 0.481 e. The average Bonchev–Trinajstić information content (AvgIpc) is 3.59. The van der Waals surface area contributed by atoms with E-state index in [9.17, 15) is 58.8 Å². The number of hydrogen-bond donors (Lipinski definition) is 8. The average molecular weight is 1050 g/mol. The summed E-state index contributed by atoms with van der Waals surface area (Å²) in [5.41, 5.74) is 4.55. The van der Waals surface area contributed by atoms with Gasteiger partial charge in [0.2, 0.25) is 0 Å². The van der Waals surface area contributed by atoms with Crippen LogP contribution in [0.4, 0.5) is 5.82 Å². The Balaban J connectivity index is 1.92. The van der Waals surface area contributed by atoms with Gasteiger partial charge >= 0.3 is 33.3 Å². The number of aromatic nitrogens is 2. The van der Waals surface area contributed by atoms with Crippen LogP contribution >= 0.6 is 15.6 Å². The number of carbonyl (C=O) groups excluding carboxylic acids is 2. The molecule has 21 nitrogen and oxygen atoms in total. The van der Waals surface area contributed by atoms with Crippen LogP contribution in [0.5, 0.6) is 0 Å². The molecule has 0 saturated carbocycles. The van der Waals surface area contributed by atoms with Crippen molar-refractivity contribution >= 4 is 33.4 Å². The molecule has 2 rings (SSSR count). The summed E-state index contributed by atoms with van der Waals surface area (Å²) in [5, 5.41) is 51.6. The molecule has 1 aliphatic rings. The number of ether oxygens (including phenoxy) is 3. The van der Waals surface area contributed by atoms with Gasteiger partial charge in [-0.3, -0.25) is 23.2 Å². The molecule has 0 amide bonds. The van der Waals surface area contributed by atoms with Crippen molar-refractivity contribution in [1.29, 1.82) is 0 Å². The Morgan fingerprint density at radius 3 is 2.03 bits per heavy atom. The van der Waals surface area contributed by atoms with Gasteiger partial charge in [-0.05, 0) is 57.4 Å². The first-order valence-electron chi connectivity index (χ1n) is 24.6. The number of phosphoric acid groups is 2. The first-order chi connectivity index (χ1) is 33.9. The van der Waals surface area contributed by atoms with Crippen molar-refractivity contribution in [1.82, 2.24) is 9.55 Å². The summed E-state index contributed by atoms with van der Waals surface area (Å²) in [7, 11) is -11.0. The van der Waals surface area contributed by atoms with Gasteiger partial charge in [-0.2, -0.15) is 9.29 Å². The molecule has 0 spiro atoms. The number of aliphatic hydroxyl groups is 5. The maximum atomic E-state index is 12.9. The third-order valence-electron chi connectivity index (χ3n) is 10.9. The Kier molecular flexibility index (Phi) is 32.4. The highest BCUT2D eigenvalue weighted by molar-refractivity contribution is 7.61. The van der Waals surface area contributed by atoms with E-state index in [1.807, 2.05) is 0 Å². The summed E-state index contributed by atoms with van der Waals surface area (Å²) in [6.07, 6.45) is 22.3. The van der Waals surface area contributed by atoms with Crippen molar-refractivity contribution in [3.63, 3.8) is 0 Å². The van der Waals surface area contributed by atoms with Crippen LogP contribution in [0.3, 0.4) is 0 Å². The smallest absolute Gasteiger partial charge is 0.462 e. The molecule has 71 heavy (non-hydrogen) atoms. The predicted octanol–water partition coefficient (Wildman–Crippen LogP) is 6.47. The fourth-order valence-electron chi connectivity index (χ4n) is 6.93. The fraction of sp³-hybridized carbons (Fsp3) is 0.667. The largest absolute Gasteiger partial charge is 0.481 e. The van der Waals surface area contributed by atoms with E-state index in [1.165, 1.54) is 43.9 Å². The Bertz CT molecular complexity index is 1980. The molecule has 404 valence electrons. The Labute approximate surface area is 417 Å². The monoisotopic (exact) mass is 1050 g/mol. The van der Waals surface area contributed by atoms with E-state index in [4.69, 9.17) is 29.0 Å². The van der Waals surface area contributed by atoms with E-state index in [0.29, 0.717) is 12.8 Å². The molecule has 0 aliphatic carbocycles. The predicted molar refractivity (Wildman–Crippen MR) is 265 cm³/mol. The molecule has 10 atom stereocenters. The van der Waals surface area contributed by atoms with Crippen molar-refractivity contribution in [2.45, 2.75) is 185 Å². The van der Waals surface area contributed by atoms with Crippen molar-refractivity contribution in [3.05, 3.63) is 83.5 Å². The second-order valence-corrected chi connectivity index (χ2v) is 20.2. The summed E-state index contributed by atoms with van der Waals surface area (Å²) in [6, 6.07) is 1.22. The van der Waals surface area contributed by atoms with Gasteiger partial charge in [0.05, 0.1) is 31.5 Å². The van der Waals surface area contributed by atoms with Crippen LogP contribution < -0.4 is 11.4 Å². The highest BCUT2D eigenvalue weighted by Gasteiger charge is 2.46. The lowest BCUT2D eigenvalue weighted by Crippen LogP contribution is -2.36. The maximum absolute atomic E-state index is 12.9. The molecule has 1 aliphatic heterocycles. The Morgan fingerprint density at radius 2 is 1.35 bits per heavy atom. The fourth-order valence-corrected chi connectivity index (χ4v) is 9.04. The summed E-state index contributed by atoms with van der Waals surface area (Å²) < 4.78 is 56.4. The molecule has 2 unspecified atom stereocenters. The summed E-state index contributed by atoms with van der Waals surface area (Å²) >= 11 is 0. The number of phosphoric ester groups is 2. The van der Waals surface area contributed by atoms with Crippen LogP contribution in [0.1, 0.15) is 142 Å². The normalized spacial score (nSPS) is 21.0. The molecule has 1 aromatic heterocycles. The van der Waals surface area contributed by atoms with Gasteiger partial charge < -0.3 is 55.3 Å². The molecular weight excluding hydrogens is 968 g/mol. The minimum atomic E-state index is -5.52. The number of anilines is 1. The van der Waals surface area contributed by atoms with Crippen LogP contribution in [0.2, 0.25) is 0 Å². The van der Waals surface area contributed by atoms with E-state index in [0.717, 1.165) is 68.6 Å². The van der Waals surface area contributed by atoms with Crippen LogP contribution in [0.25, 0.3) is 0 Å². The number of esters is 2. The van der Waals surface area contributed by atoms with Crippen LogP contribution in [-0.4, -0.2) is 119 Å². The zero-order valence-electron chi connectivity index (χ0n) is 41.1. The SMILES string of the molecule is CCCCCC/C=C\CCCCCCCC(=O)OC[C@H](COP(=O)(O)OP(=O)(O)OC[C@H]1O[C@@H](n2ccc(N)nc2=O)[C@H](O)[C@@H]1O)OC(=O)CCC[C@H](O)[C@@H](O)/C=C/C=C/C=C\C=C\[C@@H](O)CCCCC. The first kappa shape index (κ1) is 63.5. The zero-order valence-corrected chi connectivity index (χ0v) is 42.9. The zero-order chi connectivity index (χ0) is 52.5. The number of allylic oxidation sites excluding steroid dienone is 8. The number of nitrogens with two attached hydrogens (primary N) is 1. The molecule has 0 aromatic carbocycles. The van der Waals surface area contributed by atoms with E-state index < -0.39 is 102 Å². The van der Waals surface area contributed by atoms with Crippen molar-refractivity contribution in [2.24, 2.45) is 0 Å². The molecule has 1 saturated heterocycles. The Morgan fingerprint density at radius 1 is 0.761 bits per heavy atom. The van der Waals surface area contributed by atoms with Crippen molar-refractivity contribution < 1.29 is 81.6 Å². The minimum Gasteiger partial charge on any atom is -0.462 e. The molecule has 1 aromatic rings. The lowest BCUT2D eigenvalue weighted by molar-refractivity contribution is -0.161. The molecule has 0 radical (unpaired) electrons. The van der Waals surface area contributed by atoms with Gasteiger partial charge in [0.25, 0.3) is 0 Å². The number of nitrogens with zero attached hydrogens (tertiary/aromatic N) is 2. The van der Waals surface area contributed by atoms with E-state index in [2.05, 4.69) is 35.3 Å². The number of unbranched alkanes of at least 4 members (excludes halogenated alkanes) is 11. The van der Waals surface area contributed by atoms with Gasteiger partial charge in [0.1, 0.15) is 30.7 Å². The summed E-state index contributed by atoms with van der Waals surface area (Å²) in [4.78, 5) is 61.8. The van der Waals surface area contributed by atoms with Gasteiger partial charge in [0.15, 0.2) is 12.3 Å². The van der Waals surface area contributed by atoms with Crippen LogP contribution in [0, 0.1) is 0 Å². The second-order valence-electron chi connectivity index (χ2n) is 17.2. The van der Waals surface area contributed by atoms with E-state index >= 15 is 0 Å². The van der Waals surface area contributed by atoms with Gasteiger partial charge in [-0.15, -0.1) is 0 Å². The molecule has 0 bridgehead atoms. The summed E-state index contributed by atoms with van der Waals surface area (Å²) in [5.74, 6) is -1.66. The number of rotatable bonds is 39. The van der Waals surface area contributed by atoms with Crippen molar-refractivity contribution in [2.75, 3.05) is 25.6 Å². The Hall–Kier alpha value is -3.66. The standard InChI is InChI=1S/C48H79N3O18P2/c1-3-5-7-8-9-10-11-12-13-14-15-20-24-30-43(55)64-34-38(67-44(56)31-25-29-40(54)39(53)28-23-19-17-16-18-22-27-37(52)26-21-6-4-2)35-65-70(60,61)69-71(62,63)66-36-41-45(57)46(58)47(68-41)51-33-32-42(49)50-48(51)59/h10-11,16-19,22-23,27-28,32-33,37-41,45-47,52-54,57-58H,3-9,12-15,20-21,24-26,29-31,34-36H2,1-2H3,(H,60,61)(H,62,63)(H2,49,50,59)/b11-10-,18-16-,19-17+,27-22+,28-23+/t37-,38+,39-,40-,41+,45+,46+,47+/m0/s1. The quantitative estimate of drug-likeness (QED) is 0.0115. The van der Waals surface area contributed by atoms with Crippen LogP contribution in [-0.2, 0) is 46.3 Å². The van der Waals surface area contributed by atoms with Gasteiger partial charge in [-0.1, -0.05) is 132 Å². The van der Waals surface area contributed by atoms with Gasteiger partial charge in [0, 0.05) is 19.0 Å². The third kappa shape index (κ3) is 29.0. The molecule has 9 N–H and O–H groups in total. The molecule has 2 heterocycles. The third-order valence-corrected chi connectivity index (χ3v) is 13.5. The molecule has 23 heteroatoms. The number of carbonyl (C=O) groups is 2. The topological polar surface area (TPSA) is 326 Å². The highest BCUT2D eigenvalue weighted by Crippen LogP contribution is 2.60. The van der Waals surface area contributed by atoms with Gasteiger partial charge in [-0.25, -0.2) is 13.9 Å². The lowest BCUT2D eigenvalue weighted by Gasteiger charge is -2.21. The van der Waals surface area contributed by atoms with Crippen LogP contribution in [0.15, 0.2) is 77.8 Å². The highest BCUT2D eigenvalue weighted by atomic mass is 31.3. The number of aliphatic hydroxyl groups excluding tert-OH is 5. The first-order valence-corrected chi connectivity index (χ1v) is 27.6. The summed E-state index contributed by atoms with van der Waals surface area (Å²) in [6.45, 7) is 1.67. The van der Waals surface area contributed by atoms with Crippen molar-refractivity contribution in [3.8, 4) is 0 Å². The second kappa shape index (κ2) is 36.3. The molecule has 1 fully saturated rings. The number of hydrogen-bond acceptors (Lipinski definition) is 18. The number of nitrogen functional groups attached to an aromatic ring is 1. The minimum absolute atomic E-state index is 0.0280. The van der Waals surface area contributed by atoms with E-state index in [-0.39, 0.29) is 31.5 Å². The van der Waals surface area contributed by atoms with E-state index in [1.54, 1.807) is 36.5 Å². The molecular formula is C48H79N3O18P2. The lowest BCUT2D eigenvalue weighted by atomic mass is 10.1.